The molecule has 2 heterocycles. The highest BCUT2D eigenvalue weighted by atomic mass is 35.5. The lowest BCUT2D eigenvalue weighted by molar-refractivity contribution is -0.923. The molecular formula is C23H25Cl2NO2. The first-order valence-corrected chi connectivity index (χ1v) is 10.0. The molecule has 28 heavy (non-hydrogen) atoms. The van der Waals surface area contributed by atoms with Crippen LogP contribution in [0.5, 0.6) is 0 Å². The molecule has 2 bridgehead atoms. The Kier molecular flexibility index (Phi) is 6.82. The first kappa shape index (κ1) is 20.9. The zero-order chi connectivity index (χ0) is 18.8. The maximum absolute atomic E-state index is 13.1. The summed E-state index contributed by atoms with van der Waals surface area (Å²) in [5.41, 5.74) is 2.39. The highest BCUT2D eigenvalue weighted by Crippen LogP contribution is 2.28. The van der Waals surface area contributed by atoms with Crippen LogP contribution in [0.25, 0.3) is 11.6 Å². The van der Waals surface area contributed by atoms with Gasteiger partial charge < -0.3 is 22.0 Å². The number of quaternary nitrogens is 1. The molecule has 0 amide bonds. The van der Waals surface area contributed by atoms with E-state index >= 15 is 0 Å². The van der Waals surface area contributed by atoms with Gasteiger partial charge in [0.25, 0.3) is 0 Å². The van der Waals surface area contributed by atoms with Crippen LogP contribution in [0.1, 0.15) is 36.8 Å². The average molecular weight is 418 g/mol. The summed E-state index contributed by atoms with van der Waals surface area (Å²) in [6.45, 7) is 0. The molecule has 2 fully saturated rings. The Bertz CT molecular complexity index is 821. The molecule has 0 saturated carbocycles. The van der Waals surface area contributed by atoms with Gasteiger partial charge in [0.05, 0.1) is 24.7 Å². The van der Waals surface area contributed by atoms with Gasteiger partial charge in [0.15, 0.2) is 0 Å². The number of piperidine rings is 1. The Labute approximate surface area is 177 Å². The molecule has 5 heteroatoms. The predicted octanol–water partition coefficient (Wildman–Crippen LogP) is 0.636. The van der Waals surface area contributed by atoms with E-state index in [0.29, 0.717) is 22.7 Å². The Balaban J connectivity index is 0.00000225. The summed E-state index contributed by atoms with van der Waals surface area (Å²) in [5.74, 6) is -0.245. The van der Waals surface area contributed by atoms with E-state index in [4.69, 9.17) is 16.3 Å². The van der Waals surface area contributed by atoms with Gasteiger partial charge in [-0.1, -0.05) is 54.1 Å². The van der Waals surface area contributed by atoms with Crippen molar-refractivity contribution in [2.45, 2.75) is 43.9 Å². The Morgan fingerprint density at radius 3 is 2.25 bits per heavy atom. The molecular weight excluding hydrogens is 393 g/mol. The third-order valence-corrected chi connectivity index (χ3v) is 6.26. The minimum absolute atomic E-state index is 0. The molecule has 2 saturated heterocycles. The molecule has 2 aromatic rings. The van der Waals surface area contributed by atoms with Gasteiger partial charge in [0.1, 0.15) is 6.10 Å². The van der Waals surface area contributed by atoms with Crippen molar-refractivity contribution in [3.05, 3.63) is 70.7 Å². The first-order chi connectivity index (χ1) is 13.1. The lowest BCUT2D eigenvalue weighted by Crippen LogP contribution is -3.15. The van der Waals surface area contributed by atoms with E-state index in [0.717, 1.165) is 24.0 Å². The smallest absolute Gasteiger partial charge is 0.339 e. The van der Waals surface area contributed by atoms with Crippen molar-refractivity contribution in [2.75, 3.05) is 7.05 Å². The molecule has 3 nitrogen and oxygen atoms in total. The zero-order valence-corrected chi connectivity index (χ0v) is 17.4. The number of hydrogen-bond acceptors (Lipinski definition) is 2. The van der Waals surface area contributed by atoms with Crippen molar-refractivity contribution in [3.8, 4) is 0 Å². The van der Waals surface area contributed by atoms with Gasteiger partial charge in [-0.05, 0) is 29.3 Å². The minimum atomic E-state index is -0.245. The Hall–Kier alpha value is -1.81. The van der Waals surface area contributed by atoms with E-state index in [2.05, 4.69) is 7.05 Å². The highest BCUT2D eigenvalue weighted by molar-refractivity contribution is 6.30. The molecule has 2 unspecified atom stereocenters. The van der Waals surface area contributed by atoms with Crippen LogP contribution >= 0.6 is 11.6 Å². The number of nitrogens with one attached hydrogen (secondary N) is 1. The molecule has 0 radical (unpaired) electrons. The van der Waals surface area contributed by atoms with Crippen LogP contribution < -0.4 is 17.3 Å². The van der Waals surface area contributed by atoms with Crippen molar-refractivity contribution in [2.24, 2.45) is 0 Å². The van der Waals surface area contributed by atoms with Gasteiger partial charge >= 0.3 is 5.97 Å². The number of fused-ring (bicyclic) bond motifs is 2. The Morgan fingerprint density at radius 1 is 1.04 bits per heavy atom. The molecule has 4 rings (SSSR count). The van der Waals surface area contributed by atoms with E-state index in [1.54, 1.807) is 4.90 Å². The molecule has 0 aliphatic carbocycles. The van der Waals surface area contributed by atoms with Gasteiger partial charge in [0.2, 0.25) is 0 Å². The monoisotopic (exact) mass is 417 g/mol. The summed E-state index contributed by atoms with van der Waals surface area (Å²) in [7, 11) is 2.27. The van der Waals surface area contributed by atoms with Crippen molar-refractivity contribution in [1.29, 1.82) is 0 Å². The molecule has 0 spiro atoms. The molecule has 2 aliphatic rings. The summed E-state index contributed by atoms with van der Waals surface area (Å²) in [6.07, 6.45) is 6.34. The quantitative estimate of drug-likeness (QED) is 0.449. The number of hydrogen-bond donors (Lipinski definition) is 1. The summed E-state index contributed by atoms with van der Waals surface area (Å²) in [5, 5.41) is 0.654. The van der Waals surface area contributed by atoms with Crippen LogP contribution in [0.4, 0.5) is 0 Å². The number of esters is 1. The number of rotatable bonds is 4. The maximum Gasteiger partial charge on any atom is 0.339 e. The second-order valence-electron chi connectivity index (χ2n) is 7.69. The van der Waals surface area contributed by atoms with Crippen molar-refractivity contribution in [1.82, 2.24) is 0 Å². The van der Waals surface area contributed by atoms with Crippen LogP contribution in [0.2, 0.25) is 5.02 Å². The number of carbonyl (C=O) groups excluding carboxylic acids is 1. The highest BCUT2D eigenvalue weighted by Gasteiger charge is 2.43. The molecule has 2 atom stereocenters. The fourth-order valence-electron chi connectivity index (χ4n) is 4.45. The van der Waals surface area contributed by atoms with E-state index in [9.17, 15) is 4.79 Å². The predicted molar refractivity (Wildman–Crippen MR) is 109 cm³/mol. The molecule has 1 N–H and O–H groups in total. The van der Waals surface area contributed by atoms with E-state index in [1.165, 1.54) is 12.8 Å². The Morgan fingerprint density at radius 2 is 1.64 bits per heavy atom. The fraction of sp³-hybridized carbons (Fsp3) is 0.348. The molecule has 148 valence electrons. The van der Waals surface area contributed by atoms with Gasteiger partial charge in [-0.2, -0.15) is 0 Å². The number of carbonyl (C=O) groups is 1. The number of benzene rings is 2. The third kappa shape index (κ3) is 4.60. The summed E-state index contributed by atoms with van der Waals surface area (Å²) in [6, 6.07) is 18.5. The summed E-state index contributed by atoms with van der Waals surface area (Å²) in [4.78, 5) is 14.7. The number of halogens is 2. The molecule has 0 aromatic heterocycles. The topological polar surface area (TPSA) is 30.7 Å². The number of ether oxygens (including phenoxy) is 1. The average Bonchev–Trinajstić information content (AvgIpc) is 2.89. The van der Waals surface area contributed by atoms with Gasteiger partial charge in [-0.25, -0.2) is 4.79 Å². The first-order valence-electron chi connectivity index (χ1n) is 9.67. The normalized spacial score (nSPS) is 26.4. The maximum atomic E-state index is 13.1. The third-order valence-electron chi connectivity index (χ3n) is 6.01. The molecule has 2 aromatic carbocycles. The van der Waals surface area contributed by atoms with Gasteiger partial charge in [0, 0.05) is 30.7 Å². The minimum Gasteiger partial charge on any atom is -1.00 e. The van der Waals surface area contributed by atoms with E-state index in [1.807, 2.05) is 60.7 Å². The lowest BCUT2D eigenvalue weighted by atomic mass is 9.99. The second-order valence-corrected chi connectivity index (χ2v) is 8.13. The standard InChI is InChI=1S/C23H24ClNO2.ClH/c1-25-19-11-12-20(25)15-21(14-19)27-23(26)22(13-16-5-3-2-4-6-16)17-7-9-18(24)10-8-17;/h2-10,13,19-21H,11-12,14-15H2,1H3;1H/b22-13+;. The van der Waals surface area contributed by atoms with E-state index in [-0.39, 0.29) is 24.5 Å². The SMILES string of the molecule is C[NH+]1C2CCC1CC(OC(=O)/C(=C/c1ccccc1)c1ccc(Cl)cc1)C2.[Cl-]. The van der Waals surface area contributed by atoms with Crippen LogP contribution in [0, 0.1) is 0 Å². The second kappa shape index (κ2) is 9.13. The van der Waals surface area contributed by atoms with E-state index < -0.39 is 0 Å². The van der Waals surface area contributed by atoms with Crippen LogP contribution in [0.3, 0.4) is 0 Å². The van der Waals surface area contributed by atoms with Crippen molar-refractivity contribution < 1.29 is 26.8 Å². The largest absolute Gasteiger partial charge is 1.00 e. The zero-order valence-electron chi connectivity index (χ0n) is 15.9. The van der Waals surface area contributed by atoms with Crippen LogP contribution in [-0.4, -0.2) is 31.2 Å². The fourth-order valence-corrected chi connectivity index (χ4v) is 4.57. The summed E-state index contributed by atoms with van der Waals surface area (Å²) < 4.78 is 5.99. The summed E-state index contributed by atoms with van der Waals surface area (Å²) >= 11 is 6.03. The van der Waals surface area contributed by atoms with Crippen molar-refractivity contribution >= 4 is 29.2 Å². The van der Waals surface area contributed by atoms with Crippen LogP contribution in [0.15, 0.2) is 54.6 Å². The molecule has 2 aliphatic heterocycles. The van der Waals surface area contributed by atoms with Gasteiger partial charge in [-0.3, -0.25) is 0 Å². The van der Waals surface area contributed by atoms with Crippen LogP contribution in [-0.2, 0) is 9.53 Å². The lowest BCUT2D eigenvalue weighted by Gasteiger charge is -2.33. The van der Waals surface area contributed by atoms with Gasteiger partial charge in [-0.15, -0.1) is 0 Å². The van der Waals surface area contributed by atoms with Crippen molar-refractivity contribution in [3.63, 3.8) is 0 Å².